The fourth-order valence-corrected chi connectivity index (χ4v) is 1.44. The molecule has 1 aromatic carbocycles. The summed E-state index contributed by atoms with van der Waals surface area (Å²) in [4.78, 5) is 0. The van der Waals surface area contributed by atoms with E-state index in [1.165, 1.54) is 6.07 Å². The highest BCUT2D eigenvalue weighted by molar-refractivity contribution is 5.17. The van der Waals surface area contributed by atoms with Crippen LogP contribution in [0, 0.1) is 5.82 Å². The fourth-order valence-electron chi connectivity index (χ4n) is 1.44. The van der Waals surface area contributed by atoms with Crippen molar-refractivity contribution in [1.82, 2.24) is 20.2 Å². The van der Waals surface area contributed by atoms with E-state index < -0.39 is 0 Å². The zero-order valence-electron chi connectivity index (χ0n) is 8.67. The lowest BCUT2D eigenvalue weighted by Gasteiger charge is -2.04. The van der Waals surface area contributed by atoms with Gasteiger partial charge in [-0.05, 0) is 23.0 Å². The highest BCUT2D eigenvalue weighted by Gasteiger charge is 2.07. The number of hydrogen-bond donors (Lipinski definition) is 1. The summed E-state index contributed by atoms with van der Waals surface area (Å²) in [6, 6.07) is 6.57. The van der Waals surface area contributed by atoms with Gasteiger partial charge < -0.3 is 5.73 Å². The molecule has 6 heteroatoms. The lowest BCUT2D eigenvalue weighted by atomic mass is 10.2. The number of halogens is 1. The summed E-state index contributed by atoms with van der Waals surface area (Å²) in [5, 5.41) is 11.2. The molecule has 0 aliphatic carbocycles. The van der Waals surface area contributed by atoms with Gasteiger partial charge in [0.25, 0.3) is 0 Å². The predicted molar refractivity (Wildman–Crippen MR) is 56.1 cm³/mol. The summed E-state index contributed by atoms with van der Waals surface area (Å²) in [5.41, 5.74) is 5.99. The number of rotatable bonds is 4. The second kappa shape index (κ2) is 4.80. The Morgan fingerprint density at radius 2 is 2.12 bits per heavy atom. The minimum atomic E-state index is -0.253. The highest BCUT2D eigenvalue weighted by atomic mass is 19.1. The van der Waals surface area contributed by atoms with Crippen LogP contribution in [-0.2, 0) is 13.0 Å². The summed E-state index contributed by atoms with van der Waals surface area (Å²) in [7, 11) is 0. The number of nitrogens with two attached hydrogens (primary N) is 1. The second-order valence-electron chi connectivity index (χ2n) is 3.38. The van der Waals surface area contributed by atoms with Gasteiger partial charge in [0.1, 0.15) is 5.82 Å². The van der Waals surface area contributed by atoms with Gasteiger partial charge in [-0.3, -0.25) is 0 Å². The molecule has 0 saturated carbocycles. The molecule has 0 fully saturated rings. The molecule has 0 atom stereocenters. The third kappa shape index (κ3) is 2.22. The molecule has 0 saturated heterocycles. The van der Waals surface area contributed by atoms with E-state index in [-0.39, 0.29) is 5.82 Å². The van der Waals surface area contributed by atoms with Crippen molar-refractivity contribution in [2.45, 2.75) is 13.0 Å². The van der Waals surface area contributed by atoms with Crippen LogP contribution >= 0.6 is 0 Å². The topological polar surface area (TPSA) is 69.6 Å². The van der Waals surface area contributed by atoms with Crippen molar-refractivity contribution in [3.8, 4) is 0 Å². The standard InChI is InChI=1S/C10H12FN5/c11-9-4-2-1-3-8(9)7-16-10(5-6-12)13-14-15-16/h1-4H,5-7,12H2. The van der Waals surface area contributed by atoms with Gasteiger partial charge in [0.2, 0.25) is 0 Å². The van der Waals surface area contributed by atoms with Gasteiger partial charge in [-0.25, -0.2) is 9.07 Å². The Morgan fingerprint density at radius 1 is 1.31 bits per heavy atom. The lowest BCUT2D eigenvalue weighted by molar-refractivity contribution is 0.565. The molecule has 16 heavy (non-hydrogen) atoms. The molecule has 84 valence electrons. The van der Waals surface area contributed by atoms with Crippen LogP contribution in [0.4, 0.5) is 4.39 Å². The SMILES string of the molecule is NCCc1nnnn1Cc1ccccc1F. The highest BCUT2D eigenvalue weighted by Crippen LogP contribution is 2.08. The molecule has 2 N–H and O–H groups in total. The van der Waals surface area contributed by atoms with Crippen LogP contribution in [0.15, 0.2) is 24.3 Å². The van der Waals surface area contributed by atoms with Crippen molar-refractivity contribution >= 4 is 0 Å². The number of aromatic nitrogens is 4. The van der Waals surface area contributed by atoms with E-state index in [2.05, 4.69) is 15.5 Å². The van der Waals surface area contributed by atoms with Crippen molar-refractivity contribution in [2.24, 2.45) is 5.73 Å². The molecule has 2 rings (SSSR count). The van der Waals surface area contributed by atoms with Gasteiger partial charge in [0.15, 0.2) is 5.82 Å². The van der Waals surface area contributed by atoms with Crippen LogP contribution in [0.5, 0.6) is 0 Å². The summed E-state index contributed by atoms with van der Waals surface area (Å²) < 4.78 is 15.0. The summed E-state index contributed by atoms with van der Waals surface area (Å²) in [6.07, 6.45) is 0.585. The van der Waals surface area contributed by atoms with Crippen LogP contribution in [0.2, 0.25) is 0 Å². The molecule has 2 aromatic rings. The Bertz CT molecular complexity index is 468. The van der Waals surface area contributed by atoms with Crippen LogP contribution in [0.3, 0.4) is 0 Å². The molecule has 0 spiro atoms. The van der Waals surface area contributed by atoms with Crippen LogP contribution in [-0.4, -0.2) is 26.8 Å². The quantitative estimate of drug-likeness (QED) is 0.809. The van der Waals surface area contributed by atoms with Crippen molar-refractivity contribution in [3.05, 3.63) is 41.5 Å². The molecule has 0 amide bonds. The number of benzene rings is 1. The van der Waals surface area contributed by atoms with Crippen molar-refractivity contribution in [2.75, 3.05) is 6.54 Å². The van der Waals surface area contributed by atoms with E-state index in [1.54, 1.807) is 22.9 Å². The Hall–Kier alpha value is -1.82. The molecule has 1 heterocycles. The molecule has 0 aliphatic rings. The van der Waals surface area contributed by atoms with Crippen LogP contribution < -0.4 is 5.73 Å². The third-order valence-corrected chi connectivity index (χ3v) is 2.25. The number of nitrogens with zero attached hydrogens (tertiary/aromatic N) is 4. The monoisotopic (exact) mass is 221 g/mol. The first kappa shape index (κ1) is 10.7. The average molecular weight is 221 g/mol. The largest absolute Gasteiger partial charge is 0.330 e. The van der Waals surface area contributed by atoms with Gasteiger partial charge in [0, 0.05) is 12.0 Å². The van der Waals surface area contributed by atoms with Crippen LogP contribution in [0.1, 0.15) is 11.4 Å². The van der Waals surface area contributed by atoms with Crippen molar-refractivity contribution < 1.29 is 4.39 Å². The molecule has 0 unspecified atom stereocenters. The first-order chi connectivity index (χ1) is 7.81. The van der Waals surface area contributed by atoms with E-state index >= 15 is 0 Å². The van der Waals surface area contributed by atoms with Gasteiger partial charge in [-0.15, -0.1) is 5.10 Å². The van der Waals surface area contributed by atoms with E-state index in [9.17, 15) is 4.39 Å². The maximum Gasteiger partial charge on any atom is 0.152 e. The normalized spacial score (nSPS) is 10.6. The minimum Gasteiger partial charge on any atom is -0.330 e. The zero-order chi connectivity index (χ0) is 11.4. The summed E-state index contributed by atoms with van der Waals surface area (Å²) >= 11 is 0. The second-order valence-corrected chi connectivity index (χ2v) is 3.38. The predicted octanol–water partition coefficient (Wildman–Crippen LogP) is 0.362. The van der Waals surface area contributed by atoms with Crippen molar-refractivity contribution in [3.63, 3.8) is 0 Å². The first-order valence-electron chi connectivity index (χ1n) is 5.00. The third-order valence-electron chi connectivity index (χ3n) is 2.25. The molecule has 0 aliphatic heterocycles. The van der Waals surface area contributed by atoms with E-state index in [0.717, 1.165) is 0 Å². The summed E-state index contributed by atoms with van der Waals surface area (Å²) in [6.45, 7) is 0.798. The maximum absolute atomic E-state index is 13.4. The average Bonchev–Trinajstić information content (AvgIpc) is 2.70. The zero-order valence-corrected chi connectivity index (χ0v) is 8.67. The Kier molecular flexibility index (Phi) is 3.21. The molecule has 0 radical (unpaired) electrons. The smallest absolute Gasteiger partial charge is 0.152 e. The molecule has 1 aromatic heterocycles. The van der Waals surface area contributed by atoms with Crippen LogP contribution in [0.25, 0.3) is 0 Å². The van der Waals surface area contributed by atoms with Crippen molar-refractivity contribution in [1.29, 1.82) is 0 Å². The van der Waals surface area contributed by atoms with Gasteiger partial charge in [-0.1, -0.05) is 18.2 Å². The molecular weight excluding hydrogens is 209 g/mol. The van der Waals surface area contributed by atoms with Gasteiger partial charge in [-0.2, -0.15) is 0 Å². The van der Waals surface area contributed by atoms with E-state index in [1.807, 2.05) is 0 Å². The summed E-state index contributed by atoms with van der Waals surface area (Å²) in [5.74, 6) is 0.419. The Morgan fingerprint density at radius 3 is 2.88 bits per heavy atom. The number of tetrazole rings is 1. The van der Waals surface area contributed by atoms with Gasteiger partial charge in [0.05, 0.1) is 6.54 Å². The van der Waals surface area contributed by atoms with E-state index in [0.29, 0.717) is 30.9 Å². The first-order valence-corrected chi connectivity index (χ1v) is 5.00. The molecular formula is C10H12FN5. The minimum absolute atomic E-state index is 0.253. The Labute approximate surface area is 92.1 Å². The number of hydrogen-bond acceptors (Lipinski definition) is 4. The molecule has 0 bridgehead atoms. The lowest BCUT2D eigenvalue weighted by Crippen LogP contribution is -2.12. The molecule has 5 nitrogen and oxygen atoms in total. The fraction of sp³-hybridized carbons (Fsp3) is 0.300. The Balaban J connectivity index is 2.20. The van der Waals surface area contributed by atoms with E-state index in [4.69, 9.17) is 5.73 Å². The maximum atomic E-state index is 13.4. The van der Waals surface area contributed by atoms with Gasteiger partial charge >= 0.3 is 0 Å².